The summed E-state index contributed by atoms with van der Waals surface area (Å²) < 4.78 is 5.01. The van der Waals surface area contributed by atoms with Crippen LogP contribution in [0.1, 0.15) is 26.0 Å². The van der Waals surface area contributed by atoms with Crippen molar-refractivity contribution < 1.29 is 4.42 Å². The molecule has 1 aliphatic heterocycles. The van der Waals surface area contributed by atoms with Gasteiger partial charge in [-0.2, -0.15) is 0 Å². The summed E-state index contributed by atoms with van der Waals surface area (Å²) in [6.07, 6.45) is 3.38. The standard InChI is InChI=1S/C8H7N.C7H5NO.2CH4/c1-2-4-8-6-9-5-7(8)3-1;1-2-4-7-6(3-1)8-5-9-7;;/h1-5H,6H2;1-5H;2*1H4. The number of aromatic nitrogens is 1. The molecule has 3 aromatic rings. The lowest BCUT2D eigenvalue weighted by Crippen LogP contribution is -1.79. The number of hydrogen-bond donors (Lipinski definition) is 0. The number of para-hydroxylation sites is 2. The monoisotopic (exact) mass is 268 g/mol. The van der Waals surface area contributed by atoms with Gasteiger partial charge in [0.2, 0.25) is 0 Å². The second-order valence-electron chi connectivity index (χ2n) is 3.99. The topological polar surface area (TPSA) is 38.4 Å². The summed E-state index contributed by atoms with van der Waals surface area (Å²) in [4.78, 5) is 8.08. The zero-order valence-electron chi connectivity index (χ0n) is 9.78. The fourth-order valence-electron chi connectivity index (χ4n) is 1.85. The first-order valence-corrected chi connectivity index (χ1v) is 5.79. The number of rotatable bonds is 0. The molecule has 0 atom stereocenters. The fourth-order valence-corrected chi connectivity index (χ4v) is 1.85. The molecule has 104 valence electrons. The molecule has 0 spiro atoms. The molecular formula is C17H20N2O. The summed E-state index contributed by atoms with van der Waals surface area (Å²) in [5, 5.41) is 0. The van der Waals surface area contributed by atoms with E-state index in [0.717, 1.165) is 17.6 Å². The van der Waals surface area contributed by atoms with Crippen molar-refractivity contribution in [1.82, 2.24) is 4.98 Å². The van der Waals surface area contributed by atoms with E-state index in [-0.39, 0.29) is 14.9 Å². The van der Waals surface area contributed by atoms with Gasteiger partial charge in [-0.25, -0.2) is 4.98 Å². The molecule has 0 unspecified atom stereocenters. The van der Waals surface area contributed by atoms with E-state index in [9.17, 15) is 0 Å². The highest BCUT2D eigenvalue weighted by atomic mass is 16.3. The lowest BCUT2D eigenvalue weighted by Gasteiger charge is -1.91. The van der Waals surface area contributed by atoms with E-state index in [1.165, 1.54) is 17.5 Å². The Hall–Kier alpha value is -2.42. The van der Waals surface area contributed by atoms with Gasteiger partial charge >= 0.3 is 0 Å². The molecule has 0 N–H and O–H groups in total. The van der Waals surface area contributed by atoms with Crippen LogP contribution in [0.5, 0.6) is 0 Å². The average molecular weight is 268 g/mol. The van der Waals surface area contributed by atoms with Crippen LogP contribution < -0.4 is 0 Å². The van der Waals surface area contributed by atoms with Gasteiger partial charge in [0.15, 0.2) is 12.0 Å². The van der Waals surface area contributed by atoms with Crippen LogP contribution in [0.4, 0.5) is 0 Å². The maximum absolute atomic E-state index is 5.01. The molecule has 2 aromatic carbocycles. The van der Waals surface area contributed by atoms with E-state index in [1.807, 2.05) is 42.6 Å². The third-order valence-corrected chi connectivity index (χ3v) is 2.78. The van der Waals surface area contributed by atoms with Crippen LogP contribution in [-0.4, -0.2) is 11.2 Å². The Balaban J connectivity index is 0.000000182. The molecule has 3 nitrogen and oxygen atoms in total. The van der Waals surface area contributed by atoms with Crippen molar-refractivity contribution in [3.05, 3.63) is 66.1 Å². The van der Waals surface area contributed by atoms with Crippen LogP contribution in [0.15, 0.2) is 64.3 Å². The Kier molecular flexibility index (Phi) is 5.66. The summed E-state index contributed by atoms with van der Waals surface area (Å²) >= 11 is 0. The van der Waals surface area contributed by atoms with E-state index in [2.05, 4.69) is 22.1 Å². The number of benzene rings is 2. The van der Waals surface area contributed by atoms with Gasteiger partial charge in [0.1, 0.15) is 5.52 Å². The van der Waals surface area contributed by atoms with E-state index >= 15 is 0 Å². The highest BCUT2D eigenvalue weighted by Crippen LogP contribution is 2.12. The lowest BCUT2D eigenvalue weighted by atomic mass is 10.1. The predicted molar refractivity (Wildman–Crippen MR) is 85.2 cm³/mol. The van der Waals surface area contributed by atoms with Gasteiger partial charge in [0, 0.05) is 6.21 Å². The van der Waals surface area contributed by atoms with Crippen molar-refractivity contribution in [3.63, 3.8) is 0 Å². The first-order valence-electron chi connectivity index (χ1n) is 5.79. The Morgan fingerprint density at radius 1 is 0.900 bits per heavy atom. The van der Waals surface area contributed by atoms with E-state index in [1.54, 1.807) is 0 Å². The van der Waals surface area contributed by atoms with Crippen LogP contribution in [0.25, 0.3) is 11.1 Å². The molecule has 1 aromatic heterocycles. The van der Waals surface area contributed by atoms with Crippen LogP contribution in [0.3, 0.4) is 0 Å². The van der Waals surface area contributed by atoms with Crippen LogP contribution in [0, 0.1) is 0 Å². The lowest BCUT2D eigenvalue weighted by molar-refractivity contribution is 0.602. The minimum absolute atomic E-state index is 0. The van der Waals surface area contributed by atoms with Crippen LogP contribution in [-0.2, 0) is 6.54 Å². The Bertz CT molecular complexity index is 656. The quantitative estimate of drug-likeness (QED) is 0.591. The van der Waals surface area contributed by atoms with Crippen LogP contribution >= 0.6 is 0 Å². The fraction of sp³-hybridized carbons (Fsp3) is 0.176. The highest BCUT2D eigenvalue weighted by Gasteiger charge is 2.01. The molecule has 4 rings (SSSR count). The molecule has 20 heavy (non-hydrogen) atoms. The second-order valence-corrected chi connectivity index (χ2v) is 3.99. The smallest absolute Gasteiger partial charge is 0.181 e. The highest BCUT2D eigenvalue weighted by molar-refractivity contribution is 5.84. The molecule has 0 bridgehead atoms. The van der Waals surface area contributed by atoms with Gasteiger partial charge in [-0.1, -0.05) is 51.3 Å². The minimum Gasteiger partial charge on any atom is -0.443 e. The summed E-state index contributed by atoms with van der Waals surface area (Å²) in [7, 11) is 0. The average Bonchev–Trinajstić information content (AvgIpc) is 3.08. The zero-order valence-corrected chi connectivity index (χ0v) is 9.78. The van der Waals surface area contributed by atoms with Gasteiger partial charge in [0.05, 0.1) is 6.54 Å². The zero-order chi connectivity index (χ0) is 12.2. The maximum Gasteiger partial charge on any atom is 0.181 e. The molecule has 0 saturated carbocycles. The first-order chi connectivity index (χ1) is 8.93. The minimum atomic E-state index is 0. The largest absolute Gasteiger partial charge is 0.443 e. The predicted octanol–water partition coefficient (Wildman–Crippen LogP) is 4.72. The van der Waals surface area contributed by atoms with E-state index in [0.29, 0.717) is 0 Å². The van der Waals surface area contributed by atoms with E-state index < -0.39 is 0 Å². The summed E-state index contributed by atoms with van der Waals surface area (Å²) in [5.41, 5.74) is 4.38. The molecule has 0 aliphatic carbocycles. The summed E-state index contributed by atoms with van der Waals surface area (Å²) in [6, 6.07) is 16.0. The number of oxazole rings is 1. The second kappa shape index (κ2) is 7.24. The molecule has 0 radical (unpaired) electrons. The van der Waals surface area contributed by atoms with Gasteiger partial charge < -0.3 is 4.42 Å². The van der Waals surface area contributed by atoms with Crippen molar-refractivity contribution in [2.24, 2.45) is 4.99 Å². The Morgan fingerprint density at radius 2 is 1.65 bits per heavy atom. The molecule has 0 fully saturated rings. The number of fused-ring (bicyclic) bond motifs is 2. The van der Waals surface area contributed by atoms with Crippen molar-refractivity contribution >= 4 is 17.3 Å². The SMILES string of the molecule is C.C.C1=NCc2ccccc21.c1ccc2ocnc2c1. The van der Waals surface area contributed by atoms with Gasteiger partial charge in [-0.05, 0) is 23.3 Å². The van der Waals surface area contributed by atoms with Gasteiger partial charge in [-0.3, -0.25) is 4.99 Å². The number of aliphatic imine (C=N–C) groups is 1. The van der Waals surface area contributed by atoms with Crippen molar-refractivity contribution in [2.75, 3.05) is 0 Å². The van der Waals surface area contributed by atoms with E-state index in [4.69, 9.17) is 4.42 Å². The Labute approximate surface area is 120 Å². The number of hydrogen-bond acceptors (Lipinski definition) is 3. The first kappa shape index (κ1) is 15.6. The number of nitrogens with zero attached hydrogens (tertiary/aromatic N) is 2. The normalized spacial score (nSPS) is 10.8. The van der Waals surface area contributed by atoms with Crippen molar-refractivity contribution in [1.29, 1.82) is 0 Å². The van der Waals surface area contributed by atoms with Gasteiger partial charge in [-0.15, -0.1) is 0 Å². The molecule has 2 heterocycles. The molecule has 0 saturated heterocycles. The third-order valence-electron chi connectivity index (χ3n) is 2.78. The molecular weight excluding hydrogens is 248 g/mol. The molecule has 3 heteroatoms. The molecule has 0 amide bonds. The molecule has 1 aliphatic rings. The summed E-state index contributed by atoms with van der Waals surface area (Å²) in [6.45, 7) is 0.871. The van der Waals surface area contributed by atoms with Crippen molar-refractivity contribution in [3.8, 4) is 0 Å². The Morgan fingerprint density at radius 3 is 2.45 bits per heavy atom. The van der Waals surface area contributed by atoms with Crippen molar-refractivity contribution in [2.45, 2.75) is 21.4 Å². The third kappa shape index (κ3) is 3.32. The van der Waals surface area contributed by atoms with Crippen LogP contribution in [0.2, 0.25) is 0 Å². The van der Waals surface area contributed by atoms with Gasteiger partial charge in [0.25, 0.3) is 0 Å². The summed E-state index contributed by atoms with van der Waals surface area (Å²) in [5.74, 6) is 0. The maximum atomic E-state index is 5.01.